The van der Waals surface area contributed by atoms with Crippen molar-refractivity contribution in [2.45, 2.75) is 20.0 Å². The number of pyridine rings is 1. The summed E-state index contributed by atoms with van der Waals surface area (Å²) in [6.45, 7) is 3.94. The predicted octanol–water partition coefficient (Wildman–Crippen LogP) is 2.12. The lowest BCUT2D eigenvalue weighted by Gasteiger charge is -2.10. The molecule has 0 saturated carbocycles. The zero-order valence-corrected chi connectivity index (χ0v) is 9.81. The first kappa shape index (κ1) is 11.4. The minimum absolute atomic E-state index is 0.130. The Bertz CT molecular complexity index is 564. The number of benzene rings is 1. The number of primary amides is 1. The molecule has 0 aliphatic rings. The second kappa shape index (κ2) is 4.41. The van der Waals surface area contributed by atoms with Crippen LogP contribution in [0.25, 0.3) is 10.9 Å². The summed E-state index contributed by atoms with van der Waals surface area (Å²) in [6.07, 6.45) is 0.130. The zero-order chi connectivity index (χ0) is 12.4. The third-order valence-electron chi connectivity index (χ3n) is 2.28. The van der Waals surface area contributed by atoms with Crippen molar-refractivity contribution >= 4 is 16.8 Å². The maximum absolute atomic E-state index is 11.0. The average Bonchev–Trinajstić information content (AvgIpc) is 2.27. The molecule has 2 aromatic rings. The fraction of sp³-hybridized carbons (Fsp3) is 0.231. The van der Waals surface area contributed by atoms with Crippen molar-refractivity contribution in [1.82, 2.24) is 4.98 Å². The highest BCUT2D eigenvalue weighted by Gasteiger charge is 2.05. The molecule has 88 valence electrons. The van der Waals surface area contributed by atoms with Gasteiger partial charge in [0.05, 0.1) is 11.6 Å². The lowest BCUT2D eigenvalue weighted by molar-refractivity contribution is 0.0996. The fourth-order valence-electron chi connectivity index (χ4n) is 1.59. The van der Waals surface area contributed by atoms with Crippen LogP contribution >= 0.6 is 0 Å². The van der Waals surface area contributed by atoms with Gasteiger partial charge in [0, 0.05) is 5.39 Å². The molecule has 0 aliphatic carbocycles. The van der Waals surface area contributed by atoms with Gasteiger partial charge in [-0.15, -0.1) is 0 Å². The maximum Gasteiger partial charge on any atom is 0.267 e. The van der Waals surface area contributed by atoms with Crippen molar-refractivity contribution in [2.75, 3.05) is 0 Å². The summed E-state index contributed by atoms with van der Waals surface area (Å²) in [6, 6.07) is 8.98. The molecule has 4 heteroatoms. The Kier molecular flexibility index (Phi) is 2.95. The van der Waals surface area contributed by atoms with Gasteiger partial charge in [0.25, 0.3) is 5.91 Å². The molecule has 0 radical (unpaired) electrons. The van der Waals surface area contributed by atoms with E-state index in [-0.39, 0.29) is 11.8 Å². The average molecular weight is 230 g/mol. The van der Waals surface area contributed by atoms with E-state index in [0.717, 1.165) is 16.7 Å². The number of amides is 1. The number of ether oxygens (including phenoxy) is 1. The summed E-state index contributed by atoms with van der Waals surface area (Å²) < 4.78 is 5.58. The Labute approximate surface area is 99.4 Å². The highest BCUT2D eigenvalue weighted by molar-refractivity contribution is 5.93. The molecule has 0 spiro atoms. The van der Waals surface area contributed by atoms with Crippen LogP contribution in [0.2, 0.25) is 0 Å². The number of fused-ring (bicyclic) bond motifs is 1. The second-order valence-corrected chi connectivity index (χ2v) is 4.08. The van der Waals surface area contributed by atoms with Crippen molar-refractivity contribution in [1.29, 1.82) is 0 Å². The molecular formula is C13H14N2O2. The van der Waals surface area contributed by atoms with Gasteiger partial charge in [-0.2, -0.15) is 0 Å². The number of hydrogen-bond donors (Lipinski definition) is 1. The van der Waals surface area contributed by atoms with Crippen molar-refractivity contribution in [3.8, 4) is 5.75 Å². The quantitative estimate of drug-likeness (QED) is 0.878. The van der Waals surface area contributed by atoms with Crippen molar-refractivity contribution in [3.63, 3.8) is 0 Å². The molecule has 1 heterocycles. The predicted molar refractivity (Wildman–Crippen MR) is 66.0 cm³/mol. The minimum Gasteiger partial charge on any atom is -0.491 e. The molecule has 1 aromatic carbocycles. The molecule has 2 N–H and O–H groups in total. The third kappa shape index (κ3) is 2.53. The van der Waals surface area contributed by atoms with Crippen LogP contribution in [0.4, 0.5) is 0 Å². The molecule has 4 nitrogen and oxygen atoms in total. The second-order valence-electron chi connectivity index (χ2n) is 4.08. The van der Waals surface area contributed by atoms with Crippen LogP contribution in [-0.4, -0.2) is 17.0 Å². The summed E-state index contributed by atoms with van der Waals surface area (Å²) in [5.74, 6) is 0.274. The van der Waals surface area contributed by atoms with Gasteiger partial charge in [0.1, 0.15) is 11.4 Å². The number of aromatic nitrogens is 1. The van der Waals surface area contributed by atoms with Gasteiger partial charge in [-0.05, 0) is 38.1 Å². The Morgan fingerprint density at radius 1 is 1.29 bits per heavy atom. The van der Waals surface area contributed by atoms with Crippen molar-refractivity contribution in [3.05, 3.63) is 36.0 Å². The number of hydrogen-bond acceptors (Lipinski definition) is 3. The summed E-state index contributed by atoms with van der Waals surface area (Å²) in [4.78, 5) is 15.2. The van der Waals surface area contributed by atoms with Crippen LogP contribution in [0.3, 0.4) is 0 Å². The van der Waals surface area contributed by atoms with Crippen molar-refractivity contribution in [2.24, 2.45) is 5.73 Å². The van der Waals surface area contributed by atoms with E-state index in [1.54, 1.807) is 6.07 Å². The van der Waals surface area contributed by atoms with Crippen LogP contribution in [-0.2, 0) is 0 Å². The first-order chi connectivity index (χ1) is 8.06. The highest BCUT2D eigenvalue weighted by atomic mass is 16.5. The van der Waals surface area contributed by atoms with E-state index >= 15 is 0 Å². The molecule has 2 rings (SSSR count). The number of carbonyl (C=O) groups is 1. The topological polar surface area (TPSA) is 65.2 Å². The molecular weight excluding hydrogens is 216 g/mol. The molecule has 0 atom stereocenters. The Morgan fingerprint density at radius 3 is 2.71 bits per heavy atom. The molecule has 17 heavy (non-hydrogen) atoms. The maximum atomic E-state index is 11.0. The van der Waals surface area contributed by atoms with Crippen LogP contribution in [0.1, 0.15) is 24.3 Å². The van der Waals surface area contributed by atoms with E-state index in [2.05, 4.69) is 4.98 Å². The first-order valence-electron chi connectivity index (χ1n) is 5.43. The molecule has 0 fully saturated rings. The summed E-state index contributed by atoms with van der Waals surface area (Å²) in [5.41, 5.74) is 6.18. The van der Waals surface area contributed by atoms with Crippen LogP contribution < -0.4 is 10.5 Å². The first-order valence-corrected chi connectivity index (χ1v) is 5.43. The Hall–Kier alpha value is -2.10. The van der Waals surface area contributed by atoms with Gasteiger partial charge < -0.3 is 10.5 Å². The van der Waals surface area contributed by atoms with Crippen LogP contribution in [0, 0.1) is 0 Å². The van der Waals surface area contributed by atoms with Gasteiger partial charge in [0.15, 0.2) is 0 Å². The number of nitrogens with zero attached hydrogens (tertiary/aromatic N) is 1. The smallest absolute Gasteiger partial charge is 0.267 e. The number of carbonyl (C=O) groups excluding carboxylic acids is 1. The SMILES string of the molecule is CC(C)Oc1ccc2nc(C(N)=O)ccc2c1. The molecule has 0 aliphatic heterocycles. The summed E-state index contributed by atoms with van der Waals surface area (Å²) in [5, 5.41) is 0.924. The van der Waals surface area contributed by atoms with E-state index < -0.39 is 5.91 Å². The Morgan fingerprint density at radius 2 is 2.06 bits per heavy atom. The standard InChI is InChI=1S/C13H14N2O2/c1-8(2)17-10-4-6-11-9(7-10)3-5-12(15-11)13(14)16/h3-8H,1-2H3,(H2,14,16). The number of nitrogens with two attached hydrogens (primary N) is 1. The number of rotatable bonds is 3. The summed E-state index contributed by atoms with van der Waals surface area (Å²) >= 11 is 0. The van der Waals surface area contributed by atoms with Crippen LogP contribution in [0.5, 0.6) is 5.75 Å². The largest absolute Gasteiger partial charge is 0.491 e. The molecule has 0 saturated heterocycles. The normalized spacial score (nSPS) is 10.8. The van der Waals surface area contributed by atoms with Crippen LogP contribution in [0.15, 0.2) is 30.3 Å². The lowest BCUT2D eigenvalue weighted by atomic mass is 10.2. The monoisotopic (exact) mass is 230 g/mol. The Balaban J connectivity index is 2.43. The van der Waals surface area contributed by atoms with Gasteiger partial charge in [-0.1, -0.05) is 6.07 Å². The van der Waals surface area contributed by atoms with E-state index in [9.17, 15) is 4.79 Å². The van der Waals surface area contributed by atoms with E-state index in [1.807, 2.05) is 38.1 Å². The van der Waals surface area contributed by atoms with Crippen molar-refractivity contribution < 1.29 is 9.53 Å². The highest BCUT2D eigenvalue weighted by Crippen LogP contribution is 2.20. The van der Waals surface area contributed by atoms with E-state index in [4.69, 9.17) is 10.5 Å². The summed E-state index contributed by atoms with van der Waals surface area (Å²) in [7, 11) is 0. The lowest BCUT2D eigenvalue weighted by Crippen LogP contribution is -2.12. The fourth-order valence-corrected chi connectivity index (χ4v) is 1.59. The van der Waals surface area contributed by atoms with E-state index in [0.29, 0.717) is 0 Å². The van der Waals surface area contributed by atoms with Gasteiger partial charge >= 0.3 is 0 Å². The van der Waals surface area contributed by atoms with Gasteiger partial charge in [-0.25, -0.2) is 4.98 Å². The van der Waals surface area contributed by atoms with E-state index in [1.165, 1.54) is 0 Å². The molecule has 0 bridgehead atoms. The molecule has 1 amide bonds. The third-order valence-corrected chi connectivity index (χ3v) is 2.28. The molecule has 0 unspecified atom stereocenters. The van der Waals surface area contributed by atoms with Gasteiger partial charge in [-0.3, -0.25) is 4.79 Å². The minimum atomic E-state index is -0.519. The van der Waals surface area contributed by atoms with Gasteiger partial charge in [0.2, 0.25) is 0 Å². The zero-order valence-electron chi connectivity index (χ0n) is 9.81. The molecule has 1 aromatic heterocycles.